The maximum absolute atomic E-state index is 6.65. The zero-order valence-electron chi connectivity index (χ0n) is 38.3. The fraction of sp³-hybridized carbons (Fsp3) is 0.480. The molecular formula is C50H73ClN12. The SMILES string of the molecule is C.C=CCCC1=Cc2cc(Nc3nc(N4CCN(CC5CCN(c6ccc7c(C8CCC(=C)NC8=C)nn(C)c7c6)CC5)CC4)ncc3Cl)cnc2N(C(C)C)C1=C.CC.CNC. The van der Waals surface area contributed by atoms with Crippen LogP contribution in [0.4, 0.5) is 29.0 Å². The minimum Gasteiger partial charge on any atom is -0.371 e. The van der Waals surface area contributed by atoms with Gasteiger partial charge in [-0.25, -0.2) is 9.97 Å². The Morgan fingerprint density at radius 2 is 1.67 bits per heavy atom. The van der Waals surface area contributed by atoms with Crippen LogP contribution in [0.25, 0.3) is 17.0 Å². The van der Waals surface area contributed by atoms with Crippen molar-refractivity contribution in [3.05, 3.63) is 108 Å². The lowest BCUT2D eigenvalue weighted by Crippen LogP contribution is -2.49. The quantitative estimate of drug-likeness (QED) is 0.125. The van der Waals surface area contributed by atoms with Gasteiger partial charge in [0.25, 0.3) is 0 Å². The summed E-state index contributed by atoms with van der Waals surface area (Å²) in [7, 11) is 5.80. The van der Waals surface area contributed by atoms with Crippen molar-refractivity contribution in [2.45, 2.75) is 85.6 Å². The molecule has 1 atom stereocenters. The van der Waals surface area contributed by atoms with Crippen molar-refractivity contribution in [1.82, 2.24) is 40.3 Å². The van der Waals surface area contributed by atoms with E-state index in [1.807, 2.05) is 44.9 Å². The maximum atomic E-state index is 6.65. The minimum atomic E-state index is 0. The number of hydrogen-bond acceptors (Lipinski definition) is 11. The van der Waals surface area contributed by atoms with Crippen LogP contribution in [0, 0.1) is 5.92 Å². The van der Waals surface area contributed by atoms with Crippen molar-refractivity contribution < 1.29 is 0 Å². The molecule has 4 aliphatic heterocycles. The number of piperazine rings is 1. The molecule has 63 heavy (non-hydrogen) atoms. The summed E-state index contributed by atoms with van der Waals surface area (Å²) in [6.45, 7) is 32.0. The van der Waals surface area contributed by atoms with E-state index in [-0.39, 0.29) is 19.4 Å². The second-order valence-corrected chi connectivity index (χ2v) is 17.2. The highest BCUT2D eigenvalue weighted by Crippen LogP contribution is 2.39. The van der Waals surface area contributed by atoms with E-state index in [1.165, 1.54) is 35.0 Å². The summed E-state index contributed by atoms with van der Waals surface area (Å²) in [5.74, 6) is 3.07. The lowest BCUT2D eigenvalue weighted by Gasteiger charge is -2.39. The first-order valence-electron chi connectivity index (χ1n) is 22.5. The molecule has 340 valence electrons. The van der Waals surface area contributed by atoms with Crippen molar-refractivity contribution in [2.75, 3.05) is 79.9 Å². The Morgan fingerprint density at radius 1 is 0.952 bits per heavy atom. The third kappa shape index (κ3) is 11.3. The Balaban J connectivity index is 0.00000120. The Kier molecular flexibility index (Phi) is 17.4. The number of fused-ring (bicyclic) bond motifs is 2. The van der Waals surface area contributed by atoms with Crippen LogP contribution < -0.4 is 30.7 Å². The number of aryl methyl sites for hydroxylation is 1. The molecule has 0 bridgehead atoms. The highest BCUT2D eigenvalue weighted by Gasteiger charge is 2.29. The molecule has 0 saturated carbocycles. The molecule has 4 aliphatic rings. The van der Waals surface area contributed by atoms with E-state index in [9.17, 15) is 0 Å². The van der Waals surface area contributed by atoms with Crippen LogP contribution in [0.15, 0.2) is 91.7 Å². The summed E-state index contributed by atoms with van der Waals surface area (Å²) >= 11 is 6.65. The van der Waals surface area contributed by atoms with Gasteiger partial charge in [-0.05, 0) is 108 Å². The zero-order chi connectivity index (χ0) is 44.5. The van der Waals surface area contributed by atoms with Gasteiger partial charge in [0.2, 0.25) is 5.95 Å². The van der Waals surface area contributed by atoms with E-state index in [2.05, 4.69) is 118 Å². The number of nitrogens with zero attached hydrogens (tertiary/aromatic N) is 9. The van der Waals surface area contributed by atoms with Gasteiger partial charge in [-0.1, -0.05) is 58.7 Å². The summed E-state index contributed by atoms with van der Waals surface area (Å²) in [5, 5.41) is 16.2. The second-order valence-electron chi connectivity index (χ2n) is 16.8. The third-order valence-corrected chi connectivity index (χ3v) is 12.4. The molecule has 13 heteroatoms. The Bertz CT molecular complexity index is 2240. The normalized spacial score (nSPS) is 18.1. The van der Waals surface area contributed by atoms with Gasteiger partial charge in [0, 0.05) is 98.5 Å². The number of nitrogens with one attached hydrogen (secondary N) is 3. The topological polar surface area (TPSA) is 106 Å². The van der Waals surface area contributed by atoms with Gasteiger partial charge in [0.1, 0.15) is 10.8 Å². The van der Waals surface area contributed by atoms with Gasteiger partial charge in [-0.2, -0.15) is 10.1 Å². The molecule has 1 unspecified atom stereocenters. The molecule has 1 aromatic carbocycles. The number of hydrogen-bond donors (Lipinski definition) is 3. The van der Waals surface area contributed by atoms with E-state index >= 15 is 0 Å². The Labute approximate surface area is 382 Å². The molecule has 0 amide bonds. The molecule has 7 heterocycles. The van der Waals surface area contributed by atoms with Gasteiger partial charge >= 0.3 is 0 Å². The predicted molar refractivity (Wildman–Crippen MR) is 269 cm³/mol. The van der Waals surface area contributed by atoms with E-state index in [4.69, 9.17) is 26.7 Å². The molecule has 4 aromatic rings. The predicted octanol–water partition coefficient (Wildman–Crippen LogP) is 10.3. The largest absolute Gasteiger partial charge is 0.371 e. The molecule has 3 N–H and O–H groups in total. The minimum absolute atomic E-state index is 0. The van der Waals surface area contributed by atoms with Crippen LogP contribution in [-0.4, -0.2) is 95.6 Å². The summed E-state index contributed by atoms with van der Waals surface area (Å²) in [4.78, 5) is 24.0. The van der Waals surface area contributed by atoms with Gasteiger partial charge in [-0.3, -0.25) is 9.58 Å². The lowest BCUT2D eigenvalue weighted by molar-refractivity contribution is 0.201. The second kappa shape index (κ2) is 22.4. The molecule has 0 aliphatic carbocycles. The van der Waals surface area contributed by atoms with Crippen LogP contribution in [0.1, 0.15) is 90.8 Å². The smallest absolute Gasteiger partial charge is 0.227 e. The van der Waals surface area contributed by atoms with E-state index in [0.29, 0.717) is 22.7 Å². The number of anilines is 5. The van der Waals surface area contributed by atoms with Gasteiger partial charge in [0.05, 0.1) is 29.3 Å². The average Bonchev–Trinajstić information content (AvgIpc) is 3.60. The van der Waals surface area contributed by atoms with E-state index in [1.54, 1.807) is 6.20 Å². The lowest BCUT2D eigenvalue weighted by atomic mass is 9.90. The van der Waals surface area contributed by atoms with Gasteiger partial charge in [0.15, 0.2) is 5.82 Å². The zero-order valence-corrected chi connectivity index (χ0v) is 39.0. The van der Waals surface area contributed by atoms with Crippen molar-refractivity contribution in [3.63, 3.8) is 0 Å². The average molecular weight is 878 g/mol. The summed E-state index contributed by atoms with van der Waals surface area (Å²) < 4.78 is 2.03. The van der Waals surface area contributed by atoms with E-state index < -0.39 is 0 Å². The first-order chi connectivity index (χ1) is 30.0. The number of piperidine rings is 2. The highest BCUT2D eigenvalue weighted by molar-refractivity contribution is 6.32. The Morgan fingerprint density at radius 3 is 2.33 bits per heavy atom. The molecule has 0 spiro atoms. The molecule has 3 fully saturated rings. The first kappa shape index (κ1) is 48.9. The molecular weight excluding hydrogens is 804 g/mol. The number of benzene rings is 1. The number of rotatable bonds is 11. The fourth-order valence-corrected chi connectivity index (χ4v) is 9.08. The van der Waals surface area contributed by atoms with E-state index in [0.717, 1.165) is 111 Å². The number of pyridine rings is 1. The van der Waals surface area contributed by atoms with Crippen LogP contribution in [0.3, 0.4) is 0 Å². The van der Waals surface area contributed by atoms with Crippen LogP contribution in [-0.2, 0) is 7.05 Å². The van der Waals surface area contributed by atoms with Crippen molar-refractivity contribution in [3.8, 4) is 0 Å². The van der Waals surface area contributed by atoms with Crippen LogP contribution in [0.5, 0.6) is 0 Å². The monoisotopic (exact) mass is 877 g/mol. The summed E-state index contributed by atoms with van der Waals surface area (Å²) in [6.07, 6.45) is 13.8. The number of aromatic nitrogens is 5. The summed E-state index contributed by atoms with van der Waals surface area (Å²) in [6, 6.07) is 9.21. The van der Waals surface area contributed by atoms with Crippen LogP contribution >= 0.6 is 11.6 Å². The Hall–Kier alpha value is -5.17. The van der Waals surface area contributed by atoms with Crippen molar-refractivity contribution >= 4 is 57.5 Å². The summed E-state index contributed by atoms with van der Waals surface area (Å²) in [5.41, 5.74) is 9.67. The third-order valence-electron chi connectivity index (χ3n) is 12.1. The molecule has 8 rings (SSSR count). The van der Waals surface area contributed by atoms with Crippen molar-refractivity contribution in [1.29, 1.82) is 0 Å². The number of halogens is 1. The molecule has 0 radical (unpaired) electrons. The first-order valence-corrected chi connectivity index (χ1v) is 22.9. The fourth-order valence-electron chi connectivity index (χ4n) is 8.94. The van der Waals surface area contributed by atoms with Crippen LogP contribution in [0.2, 0.25) is 5.02 Å². The molecule has 3 aromatic heterocycles. The molecule has 3 saturated heterocycles. The maximum Gasteiger partial charge on any atom is 0.227 e. The number of allylic oxidation sites excluding steroid dienone is 4. The highest BCUT2D eigenvalue weighted by atomic mass is 35.5. The molecule has 12 nitrogen and oxygen atoms in total. The van der Waals surface area contributed by atoms with Crippen molar-refractivity contribution in [2.24, 2.45) is 13.0 Å². The standard InChI is InChI=1S/C45H56ClN11.C2H7N.C2H6.CH4/c1-8-9-10-34-23-35-24-36(26-47-44(35)57(29(2)3)32(34)6)50-43-40(46)27-48-45(51-43)56-21-19-54(20-22-56)28-33-15-17-55(18-16-33)37-12-14-39-41(25-37)53(7)52-42(39)38-13-11-30(4)49-31(38)5;1-3-2;1-2;/h8,12,14,23-27,29,33,38,49H,1,4-6,9-11,13,15-22,28H2,2-3,7H3,(H,48,50,51);3H,1-2H3;1-2H3;1H4. The van der Waals surface area contributed by atoms with Gasteiger partial charge in [-0.15, -0.1) is 6.58 Å². The van der Waals surface area contributed by atoms with Gasteiger partial charge < -0.3 is 30.7 Å².